The molecule has 0 radical (unpaired) electrons. The van der Waals surface area contributed by atoms with Crippen LogP contribution in [0.2, 0.25) is 0 Å². The molecule has 3 aliphatic heterocycles. The Morgan fingerprint density at radius 3 is 1.71 bits per heavy atom. The summed E-state index contributed by atoms with van der Waals surface area (Å²) in [4.78, 5) is 67.4. The minimum absolute atomic E-state index is 0.0656. The molecule has 0 bridgehead atoms. The van der Waals surface area contributed by atoms with Crippen molar-refractivity contribution in [2.24, 2.45) is 0 Å². The van der Waals surface area contributed by atoms with E-state index in [1.54, 1.807) is 18.6 Å². The number of aryl methyl sites for hydroxylation is 2. The fourth-order valence-corrected chi connectivity index (χ4v) is 7.76. The van der Waals surface area contributed by atoms with Crippen LogP contribution in [0, 0.1) is 13.8 Å². The monoisotopic (exact) mass is 998 g/mol. The molecular formula is C51H56BBrN8O8. The number of imide groups is 2. The van der Waals surface area contributed by atoms with E-state index in [1.807, 2.05) is 166 Å². The topological polar surface area (TPSA) is 172 Å². The van der Waals surface area contributed by atoms with Gasteiger partial charge in [0.1, 0.15) is 18.7 Å². The predicted octanol–water partition coefficient (Wildman–Crippen LogP) is 9.05. The maximum Gasteiger partial charge on any atom is 0.498 e. The van der Waals surface area contributed by atoms with E-state index in [-0.39, 0.29) is 37.0 Å². The number of carbonyl (C=O) groups excluding carboxylic acids is 5. The number of nitrogens with one attached hydrogen (secondary N) is 1. The molecule has 18 heteroatoms. The second-order valence-corrected chi connectivity index (χ2v) is 19.7. The van der Waals surface area contributed by atoms with Crippen LogP contribution in [-0.4, -0.2) is 96.8 Å². The lowest BCUT2D eigenvalue weighted by molar-refractivity contribution is -0.126. The van der Waals surface area contributed by atoms with Crippen LogP contribution in [0.3, 0.4) is 0 Å². The summed E-state index contributed by atoms with van der Waals surface area (Å²) in [6, 6.07) is 29.9. The number of aromatic nitrogens is 4. The molecule has 358 valence electrons. The summed E-state index contributed by atoms with van der Waals surface area (Å²) in [5.41, 5.74) is 6.71. The maximum atomic E-state index is 12.8. The van der Waals surface area contributed by atoms with Crippen LogP contribution in [0.1, 0.15) is 70.7 Å². The first kappa shape index (κ1) is 50.0. The van der Waals surface area contributed by atoms with Crippen molar-refractivity contribution in [2.75, 3.05) is 22.9 Å². The SMILES string of the molecule is CC(C)(C)OC(=O)n1cc(B2OC(C)(C)C(C)(C)O2)cn1.Cc1cc(N2CC(=O)N(Cc3ccccc3)C2=O)ccc1-c1cn[nH]c1.Cc1cc(N2CC(=O)N(Cc3ccccc3)C2=O)ccc1Br. The van der Waals surface area contributed by atoms with Crippen LogP contribution in [0.25, 0.3) is 11.1 Å². The Balaban J connectivity index is 0.000000154. The fourth-order valence-electron chi connectivity index (χ4n) is 7.51. The van der Waals surface area contributed by atoms with E-state index >= 15 is 0 Å². The highest BCUT2D eigenvalue weighted by Gasteiger charge is 2.52. The van der Waals surface area contributed by atoms with Gasteiger partial charge in [0.05, 0.1) is 30.5 Å². The molecule has 0 saturated carbocycles. The second kappa shape index (κ2) is 20.4. The highest BCUT2D eigenvalue weighted by atomic mass is 79.9. The van der Waals surface area contributed by atoms with Crippen molar-refractivity contribution in [1.29, 1.82) is 0 Å². The van der Waals surface area contributed by atoms with Crippen molar-refractivity contribution < 1.29 is 38.0 Å². The second-order valence-electron chi connectivity index (χ2n) is 18.9. The molecule has 3 fully saturated rings. The third-order valence-electron chi connectivity index (χ3n) is 12.0. The Hall–Kier alpha value is -6.89. The third-order valence-corrected chi connectivity index (χ3v) is 12.9. The van der Waals surface area contributed by atoms with Crippen LogP contribution in [-0.2, 0) is 36.7 Å². The van der Waals surface area contributed by atoms with Gasteiger partial charge in [0.25, 0.3) is 11.8 Å². The quantitative estimate of drug-likeness (QED) is 0.115. The van der Waals surface area contributed by atoms with Gasteiger partial charge in [0.15, 0.2) is 0 Å². The van der Waals surface area contributed by atoms with Gasteiger partial charge in [-0.3, -0.25) is 34.3 Å². The first-order valence-electron chi connectivity index (χ1n) is 22.4. The largest absolute Gasteiger partial charge is 0.498 e. The summed E-state index contributed by atoms with van der Waals surface area (Å²) < 4.78 is 19.2. The highest BCUT2D eigenvalue weighted by molar-refractivity contribution is 9.10. The molecule has 0 aliphatic carbocycles. The van der Waals surface area contributed by atoms with Gasteiger partial charge in [-0.25, -0.2) is 14.4 Å². The van der Waals surface area contributed by atoms with Gasteiger partial charge in [-0.15, -0.1) is 0 Å². The number of H-pyrrole nitrogens is 1. The van der Waals surface area contributed by atoms with E-state index in [0.29, 0.717) is 18.6 Å². The molecule has 69 heavy (non-hydrogen) atoms. The number of rotatable bonds is 8. The Kier molecular flexibility index (Phi) is 14.8. The lowest BCUT2D eigenvalue weighted by Gasteiger charge is -2.32. The molecular weight excluding hydrogens is 943 g/mol. The molecule has 5 heterocycles. The van der Waals surface area contributed by atoms with Crippen molar-refractivity contribution in [2.45, 2.75) is 92.2 Å². The lowest BCUT2D eigenvalue weighted by Crippen LogP contribution is -2.41. The fraction of sp³-hybridized carbons (Fsp3) is 0.314. The lowest BCUT2D eigenvalue weighted by atomic mass is 9.82. The van der Waals surface area contributed by atoms with Gasteiger partial charge in [-0.2, -0.15) is 14.9 Å². The van der Waals surface area contributed by atoms with Crippen LogP contribution in [0.15, 0.2) is 126 Å². The van der Waals surface area contributed by atoms with Crippen molar-refractivity contribution in [3.05, 3.63) is 149 Å². The number of carbonyl (C=O) groups is 5. The zero-order valence-electron chi connectivity index (χ0n) is 40.2. The molecule has 6 aromatic rings. The number of anilines is 2. The van der Waals surface area contributed by atoms with E-state index in [1.165, 1.54) is 19.6 Å². The first-order valence-corrected chi connectivity index (χ1v) is 23.2. The maximum absolute atomic E-state index is 12.8. The molecule has 0 atom stereocenters. The minimum atomic E-state index is -0.562. The molecule has 0 unspecified atom stereocenters. The average Bonchev–Trinajstić information content (AvgIpc) is 4.14. The van der Waals surface area contributed by atoms with Gasteiger partial charge < -0.3 is 14.0 Å². The number of hydrogen-bond acceptors (Lipinski definition) is 10. The van der Waals surface area contributed by atoms with E-state index in [0.717, 1.165) is 53.9 Å². The summed E-state index contributed by atoms with van der Waals surface area (Å²) >= 11 is 3.44. The van der Waals surface area contributed by atoms with Crippen molar-refractivity contribution in [3.63, 3.8) is 0 Å². The van der Waals surface area contributed by atoms with E-state index in [9.17, 15) is 24.0 Å². The molecule has 16 nitrogen and oxygen atoms in total. The summed E-state index contributed by atoms with van der Waals surface area (Å²) in [7, 11) is -0.536. The number of ether oxygens (including phenoxy) is 1. The highest BCUT2D eigenvalue weighted by Crippen LogP contribution is 2.36. The molecule has 4 aromatic carbocycles. The number of nitrogens with zero attached hydrogens (tertiary/aromatic N) is 7. The van der Waals surface area contributed by atoms with E-state index in [2.05, 4.69) is 31.2 Å². The first-order chi connectivity index (χ1) is 32.6. The normalized spacial score (nSPS) is 16.4. The number of benzene rings is 4. The van der Waals surface area contributed by atoms with Crippen LogP contribution in [0.4, 0.5) is 25.8 Å². The number of aromatic amines is 1. The van der Waals surface area contributed by atoms with Gasteiger partial charge in [-0.1, -0.05) is 82.7 Å². The summed E-state index contributed by atoms with van der Waals surface area (Å²) in [6.07, 6.45) is 6.20. The van der Waals surface area contributed by atoms with Gasteiger partial charge in [0.2, 0.25) is 0 Å². The molecule has 6 amide bonds. The number of hydrogen-bond donors (Lipinski definition) is 1. The Morgan fingerprint density at radius 2 is 1.25 bits per heavy atom. The Labute approximate surface area is 410 Å². The van der Waals surface area contributed by atoms with Gasteiger partial charge in [-0.05, 0) is 120 Å². The number of amides is 6. The predicted molar refractivity (Wildman–Crippen MR) is 267 cm³/mol. The Morgan fingerprint density at radius 1 is 0.739 bits per heavy atom. The summed E-state index contributed by atoms with van der Waals surface area (Å²) in [6.45, 7) is 18.0. The molecule has 9 rings (SSSR count). The van der Waals surface area contributed by atoms with E-state index < -0.39 is 30.0 Å². The van der Waals surface area contributed by atoms with Gasteiger partial charge in [0, 0.05) is 45.5 Å². The van der Waals surface area contributed by atoms with Crippen LogP contribution in [0.5, 0.6) is 0 Å². The summed E-state index contributed by atoms with van der Waals surface area (Å²) in [5, 5.41) is 10.8. The van der Waals surface area contributed by atoms with Crippen molar-refractivity contribution in [1.82, 2.24) is 29.8 Å². The van der Waals surface area contributed by atoms with Gasteiger partial charge >= 0.3 is 25.3 Å². The average molecular weight is 1000 g/mol. The van der Waals surface area contributed by atoms with Crippen molar-refractivity contribution in [3.8, 4) is 11.1 Å². The molecule has 3 aliphatic rings. The standard InChI is InChI=1S/C20H18N4O2.C17H15BrN2O2.C14H23BN2O4/c1-14-9-17(7-8-18(14)16-10-21-22-11-16)23-13-19(25)24(20(23)26)12-15-5-3-2-4-6-15;1-12-9-14(7-8-15(12)18)19-11-16(21)20(17(19)22)10-13-5-3-2-4-6-13;1-12(2,3)19-11(18)17-9-10(8-16-17)15-20-13(4,5)14(6,7)21-15/h2-11H,12-13H2,1H3,(H,21,22);2-9H,10-11H2,1H3;8-9H,1-7H3. The zero-order valence-corrected chi connectivity index (χ0v) is 41.8. The number of halogens is 1. The molecule has 0 spiro atoms. The third kappa shape index (κ3) is 11.7. The van der Waals surface area contributed by atoms with Crippen LogP contribution < -0.4 is 15.3 Å². The summed E-state index contributed by atoms with van der Waals surface area (Å²) in [5.74, 6) is -0.357. The molecule has 3 saturated heterocycles. The molecule has 2 aromatic heterocycles. The molecule has 1 N–H and O–H groups in total. The van der Waals surface area contributed by atoms with Crippen LogP contribution >= 0.6 is 15.9 Å². The minimum Gasteiger partial charge on any atom is -0.442 e. The zero-order chi connectivity index (χ0) is 49.8. The van der Waals surface area contributed by atoms with Crippen molar-refractivity contribution >= 4 is 69.9 Å². The van der Waals surface area contributed by atoms with E-state index in [4.69, 9.17) is 14.0 Å². The smallest absolute Gasteiger partial charge is 0.442 e. The Bertz CT molecular complexity index is 2820. The number of urea groups is 2.